The SMILES string of the molecule is COCCN(C(=O)COC(=O)c1oc2c(F)cccc2c1C)c1c(N)n(CC(C)C)c(=O)[nH]c1=O. The number of H-pyrrole nitrogens is 1. The number of carbonyl (C=O) groups is 2. The number of methoxy groups -OCH3 is 1. The number of hydrogen-bond acceptors (Lipinski definition) is 8. The summed E-state index contributed by atoms with van der Waals surface area (Å²) < 4.78 is 30.6. The fourth-order valence-electron chi connectivity index (χ4n) is 3.60. The molecule has 0 fully saturated rings. The highest BCUT2D eigenvalue weighted by Gasteiger charge is 2.27. The minimum Gasteiger partial charge on any atom is -0.450 e. The molecule has 12 heteroatoms. The van der Waals surface area contributed by atoms with Crippen LogP contribution in [0.3, 0.4) is 0 Å². The second-order valence-electron chi connectivity index (χ2n) is 8.28. The van der Waals surface area contributed by atoms with Gasteiger partial charge in [-0.3, -0.25) is 24.0 Å². The van der Waals surface area contributed by atoms with Gasteiger partial charge in [-0.15, -0.1) is 0 Å². The first-order chi connectivity index (χ1) is 16.6. The van der Waals surface area contributed by atoms with E-state index < -0.39 is 35.5 Å². The van der Waals surface area contributed by atoms with E-state index in [2.05, 4.69) is 4.98 Å². The summed E-state index contributed by atoms with van der Waals surface area (Å²) in [5.41, 5.74) is 4.54. The van der Waals surface area contributed by atoms with Gasteiger partial charge in [0.15, 0.2) is 23.7 Å². The van der Waals surface area contributed by atoms with Crippen molar-refractivity contribution in [3.05, 3.63) is 56.2 Å². The number of nitrogens with two attached hydrogens (primary N) is 1. The number of anilines is 2. The van der Waals surface area contributed by atoms with Crippen LogP contribution in [0.2, 0.25) is 0 Å². The number of esters is 1. The Hall–Kier alpha value is -3.93. The Morgan fingerprint density at radius 3 is 2.63 bits per heavy atom. The smallest absolute Gasteiger partial charge is 0.375 e. The molecule has 11 nitrogen and oxygen atoms in total. The summed E-state index contributed by atoms with van der Waals surface area (Å²) in [5, 5.41) is 0.400. The number of para-hydroxylation sites is 1. The number of aromatic amines is 1. The summed E-state index contributed by atoms with van der Waals surface area (Å²) in [6.07, 6.45) is 0. The van der Waals surface area contributed by atoms with Gasteiger partial charge >= 0.3 is 11.7 Å². The highest BCUT2D eigenvalue weighted by Crippen LogP contribution is 2.27. The zero-order valence-corrected chi connectivity index (χ0v) is 19.8. The van der Waals surface area contributed by atoms with Crippen LogP contribution < -0.4 is 21.9 Å². The van der Waals surface area contributed by atoms with Crippen molar-refractivity contribution in [2.24, 2.45) is 5.92 Å². The molecule has 0 aliphatic carbocycles. The number of rotatable bonds is 9. The molecule has 0 spiro atoms. The van der Waals surface area contributed by atoms with Crippen molar-refractivity contribution in [3.63, 3.8) is 0 Å². The van der Waals surface area contributed by atoms with Gasteiger partial charge in [-0.2, -0.15) is 0 Å². The van der Waals surface area contributed by atoms with Crippen LogP contribution in [0, 0.1) is 18.7 Å². The quantitative estimate of drug-likeness (QED) is 0.431. The van der Waals surface area contributed by atoms with Crippen LogP contribution in [0.4, 0.5) is 15.9 Å². The summed E-state index contributed by atoms with van der Waals surface area (Å²) in [7, 11) is 1.40. The predicted octanol–water partition coefficient (Wildman–Crippen LogP) is 1.80. The summed E-state index contributed by atoms with van der Waals surface area (Å²) in [6.45, 7) is 4.64. The van der Waals surface area contributed by atoms with Crippen molar-refractivity contribution >= 4 is 34.4 Å². The fourth-order valence-corrected chi connectivity index (χ4v) is 3.60. The number of halogens is 1. The molecule has 2 aromatic heterocycles. The molecular formula is C23H27FN4O7. The van der Waals surface area contributed by atoms with Gasteiger partial charge in [-0.25, -0.2) is 14.0 Å². The largest absolute Gasteiger partial charge is 0.450 e. The van der Waals surface area contributed by atoms with Crippen LogP contribution in [0.5, 0.6) is 0 Å². The molecule has 3 aromatic rings. The van der Waals surface area contributed by atoms with E-state index >= 15 is 0 Å². The van der Waals surface area contributed by atoms with Crippen molar-refractivity contribution in [2.75, 3.05) is 37.5 Å². The summed E-state index contributed by atoms with van der Waals surface area (Å²) in [6, 6.07) is 4.26. The summed E-state index contributed by atoms with van der Waals surface area (Å²) in [4.78, 5) is 53.6. The molecule has 0 aliphatic rings. The Balaban J connectivity index is 1.89. The van der Waals surface area contributed by atoms with Crippen LogP contribution >= 0.6 is 0 Å². The number of furan rings is 1. The maximum Gasteiger partial charge on any atom is 0.375 e. The number of fused-ring (bicyclic) bond motifs is 1. The fraction of sp³-hybridized carbons (Fsp3) is 0.391. The molecule has 3 rings (SSSR count). The first kappa shape index (κ1) is 25.7. The van der Waals surface area contributed by atoms with E-state index in [1.807, 2.05) is 13.8 Å². The number of carbonyl (C=O) groups excluding carboxylic acids is 2. The molecule has 2 heterocycles. The molecule has 1 aromatic carbocycles. The number of ether oxygens (including phenoxy) is 2. The van der Waals surface area contributed by atoms with E-state index in [4.69, 9.17) is 19.6 Å². The number of benzene rings is 1. The number of nitrogens with zero attached hydrogens (tertiary/aromatic N) is 2. The molecule has 0 aliphatic heterocycles. The lowest BCUT2D eigenvalue weighted by molar-refractivity contribution is -0.121. The van der Waals surface area contributed by atoms with Crippen LogP contribution in [0.25, 0.3) is 11.0 Å². The third-order valence-electron chi connectivity index (χ3n) is 5.28. The van der Waals surface area contributed by atoms with Crippen molar-refractivity contribution in [1.29, 1.82) is 0 Å². The molecule has 0 atom stereocenters. The standard InChI is InChI=1S/C23H27FN4O7/c1-12(2)10-28-20(25)17(21(30)26-23(28)32)27(8-9-33-4)16(29)11-34-22(31)18-13(3)14-6-5-7-15(24)19(14)35-18/h5-7,12H,8-11,25H2,1-4H3,(H,26,30,32). The molecule has 0 radical (unpaired) electrons. The zero-order chi connectivity index (χ0) is 25.9. The van der Waals surface area contributed by atoms with Crippen LogP contribution in [-0.2, 0) is 20.8 Å². The minimum absolute atomic E-state index is 0.0229. The van der Waals surface area contributed by atoms with Gasteiger partial charge in [-0.05, 0) is 18.9 Å². The van der Waals surface area contributed by atoms with Crippen molar-refractivity contribution in [1.82, 2.24) is 9.55 Å². The highest BCUT2D eigenvalue weighted by molar-refractivity contribution is 6.00. The predicted molar refractivity (Wildman–Crippen MR) is 126 cm³/mol. The molecular weight excluding hydrogens is 463 g/mol. The Morgan fingerprint density at radius 2 is 2.00 bits per heavy atom. The topological polar surface area (TPSA) is 150 Å². The molecule has 188 valence electrons. The lowest BCUT2D eigenvalue weighted by Gasteiger charge is -2.24. The number of amides is 1. The van der Waals surface area contributed by atoms with Gasteiger partial charge in [-0.1, -0.05) is 26.0 Å². The Labute approximate surface area is 199 Å². The molecule has 35 heavy (non-hydrogen) atoms. The molecule has 1 amide bonds. The highest BCUT2D eigenvalue weighted by atomic mass is 19.1. The molecule has 0 bridgehead atoms. The molecule has 0 saturated heterocycles. The number of nitrogen functional groups attached to an aromatic ring is 1. The van der Waals surface area contributed by atoms with Gasteiger partial charge in [0.1, 0.15) is 5.82 Å². The van der Waals surface area contributed by atoms with Crippen molar-refractivity contribution < 1.29 is 27.9 Å². The monoisotopic (exact) mass is 490 g/mol. The van der Waals surface area contributed by atoms with Crippen LogP contribution in [-0.4, -0.2) is 48.3 Å². The number of hydrogen-bond donors (Lipinski definition) is 2. The van der Waals surface area contributed by atoms with E-state index in [0.29, 0.717) is 10.9 Å². The lowest BCUT2D eigenvalue weighted by atomic mass is 10.1. The second kappa shape index (κ2) is 10.6. The van der Waals surface area contributed by atoms with E-state index in [1.165, 1.54) is 19.2 Å². The van der Waals surface area contributed by atoms with Gasteiger partial charge in [0, 0.05) is 31.1 Å². The normalized spacial score (nSPS) is 11.3. The van der Waals surface area contributed by atoms with E-state index in [1.54, 1.807) is 13.0 Å². The Bertz CT molecular complexity index is 1370. The minimum atomic E-state index is -0.982. The molecule has 0 saturated carbocycles. The van der Waals surface area contributed by atoms with Gasteiger partial charge < -0.3 is 19.6 Å². The second-order valence-corrected chi connectivity index (χ2v) is 8.28. The average molecular weight is 490 g/mol. The van der Waals surface area contributed by atoms with Gasteiger partial charge in [0.2, 0.25) is 5.76 Å². The van der Waals surface area contributed by atoms with Crippen molar-refractivity contribution in [2.45, 2.75) is 27.3 Å². The first-order valence-electron chi connectivity index (χ1n) is 10.8. The zero-order valence-electron chi connectivity index (χ0n) is 19.8. The van der Waals surface area contributed by atoms with Gasteiger partial charge in [0.25, 0.3) is 11.5 Å². The van der Waals surface area contributed by atoms with Crippen molar-refractivity contribution in [3.8, 4) is 0 Å². The summed E-state index contributed by atoms with van der Waals surface area (Å²) >= 11 is 0. The average Bonchev–Trinajstić information content (AvgIpc) is 3.14. The maximum absolute atomic E-state index is 14.0. The Morgan fingerprint density at radius 1 is 1.29 bits per heavy atom. The van der Waals surface area contributed by atoms with E-state index in [9.17, 15) is 23.6 Å². The van der Waals surface area contributed by atoms with E-state index in [0.717, 1.165) is 9.47 Å². The van der Waals surface area contributed by atoms with Gasteiger partial charge in [0.05, 0.1) is 6.61 Å². The Kier molecular flexibility index (Phi) is 7.75. The maximum atomic E-state index is 14.0. The third-order valence-corrected chi connectivity index (χ3v) is 5.28. The number of aromatic nitrogens is 2. The summed E-state index contributed by atoms with van der Waals surface area (Å²) in [5.74, 6) is -2.84. The first-order valence-corrected chi connectivity index (χ1v) is 10.8. The molecule has 0 unspecified atom stereocenters. The van der Waals surface area contributed by atoms with E-state index in [-0.39, 0.29) is 48.5 Å². The number of aryl methyl sites for hydroxylation is 1. The third kappa shape index (κ3) is 5.27. The van der Waals surface area contributed by atoms with Crippen LogP contribution in [0.1, 0.15) is 30.0 Å². The number of nitrogens with one attached hydrogen (secondary N) is 1. The lowest BCUT2D eigenvalue weighted by Crippen LogP contribution is -2.44. The molecule has 3 N–H and O–H groups in total. The van der Waals surface area contributed by atoms with Crippen LogP contribution in [0.15, 0.2) is 32.2 Å².